The Labute approximate surface area is 164 Å². The lowest BCUT2D eigenvalue weighted by atomic mass is 10.1. The van der Waals surface area contributed by atoms with E-state index in [1.54, 1.807) is 11.0 Å². The molecule has 1 atom stereocenters. The predicted molar refractivity (Wildman–Crippen MR) is 101 cm³/mol. The molecule has 0 bridgehead atoms. The van der Waals surface area contributed by atoms with Gasteiger partial charge in [0.05, 0.1) is 17.2 Å². The number of benzene rings is 1. The number of amides is 2. The van der Waals surface area contributed by atoms with Crippen LogP contribution in [0, 0.1) is 10.1 Å². The van der Waals surface area contributed by atoms with Crippen molar-refractivity contribution in [3.63, 3.8) is 0 Å². The fourth-order valence-corrected chi connectivity index (χ4v) is 4.40. The molecule has 1 fully saturated rings. The summed E-state index contributed by atoms with van der Waals surface area (Å²) in [7, 11) is 0. The molecule has 28 heavy (non-hydrogen) atoms. The summed E-state index contributed by atoms with van der Waals surface area (Å²) in [4.78, 5) is 42.6. The van der Waals surface area contributed by atoms with Crippen molar-refractivity contribution in [2.45, 2.75) is 31.9 Å². The Morgan fingerprint density at radius 1 is 1.36 bits per heavy atom. The van der Waals surface area contributed by atoms with Crippen LogP contribution >= 0.6 is 11.3 Å². The zero-order valence-electron chi connectivity index (χ0n) is 14.9. The molecule has 10 heteroatoms. The molecule has 0 radical (unpaired) electrons. The van der Waals surface area contributed by atoms with Crippen molar-refractivity contribution in [1.82, 2.24) is 9.88 Å². The van der Waals surface area contributed by atoms with Gasteiger partial charge in [-0.1, -0.05) is 23.5 Å². The van der Waals surface area contributed by atoms with Crippen molar-refractivity contribution >= 4 is 34.0 Å². The Kier molecular flexibility index (Phi) is 5.05. The highest BCUT2D eigenvalue weighted by Crippen LogP contribution is 2.30. The maximum Gasteiger partial charge on any atom is 0.282 e. The molecule has 1 aromatic carbocycles. The Balaban J connectivity index is 1.48. The van der Waals surface area contributed by atoms with Gasteiger partial charge in [-0.15, -0.1) is 0 Å². The maximum absolute atomic E-state index is 12.8. The number of nitrogens with zero attached hydrogens (tertiary/aromatic N) is 3. The second kappa shape index (κ2) is 7.64. The van der Waals surface area contributed by atoms with Crippen LogP contribution in [0.25, 0.3) is 0 Å². The number of carbonyl (C=O) groups excluding carboxylic acids is 2. The summed E-state index contributed by atoms with van der Waals surface area (Å²) in [6.07, 6.45) is 1.68. The first-order valence-electron chi connectivity index (χ1n) is 8.96. The number of carbonyl (C=O) groups is 2. The van der Waals surface area contributed by atoms with Crippen molar-refractivity contribution in [3.05, 3.63) is 50.5 Å². The van der Waals surface area contributed by atoms with E-state index in [-0.39, 0.29) is 23.1 Å². The standard InChI is InChI=1S/C18H18N4O5S/c23-16(14-6-3-9-27-14)20-18-19-12-7-8-21(10-15(12)28-18)17(24)11-4-1-2-5-13(11)22(25)26/h1-2,4-5,14H,3,6-10H2,(H,19,20,23). The molecule has 146 valence electrons. The molecule has 2 amide bonds. The number of thiazole rings is 1. The van der Waals surface area contributed by atoms with E-state index in [9.17, 15) is 19.7 Å². The molecule has 2 aromatic rings. The van der Waals surface area contributed by atoms with E-state index >= 15 is 0 Å². The molecule has 9 nitrogen and oxygen atoms in total. The van der Waals surface area contributed by atoms with Gasteiger partial charge in [-0.2, -0.15) is 0 Å². The predicted octanol–water partition coefficient (Wildman–Crippen LogP) is 2.37. The van der Waals surface area contributed by atoms with Crippen LogP contribution in [-0.2, 0) is 22.5 Å². The highest BCUT2D eigenvalue weighted by molar-refractivity contribution is 7.15. The fraction of sp³-hybridized carbons (Fsp3) is 0.389. The second-order valence-corrected chi connectivity index (χ2v) is 7.71. The first-order valence-corrected chi connectivity index (χ1v) is 9.78. The molecule has 1 saturated heterocycles. The number of para-hydroxylation sites is 1. The van der Waals surface area contributed by atoms with Crippen LogP contribution in [-0.4, -0.2) is 45.9 Å². The molecule has 2 aliphatic heterocycles. The lowest BCUT2D eigenvalue weighted by molar-refractivity contribution is -0.385. The summed E-state index contributed by atoms with van der Waals surface area (Å²) >= 11 is 1.32. The number of nitro benzene ring substituents is 1. The number of hydrogen-bond donors (Lipinski definition) is 1. The highest BCUT2D eigenvalue weighted by atomic mass is 32.1. The summed E-state index contributed by atoms with van der Waals surface area (Å²) in [5.74, 6) is -0.576. The average molecular weight is 402 g/mol. The number of nitro groups is 1. The fourth-order valence-electron chi connectivity index (χ4n) is 3.38. The largest absolute Gasteiger partial charge is 0.368 e. The van der Waals surface area contributed by atoms with E-state index < -0.39 is 11.0 Å². The SMILES string of the molecule is O=C(Nc1nc2c(s1)CN(C(=O)c1ccccc1[N+](=O)[O-])CC2)C1CCCO1. The van der Waals surface area contributed by atoms with E-state index in [1.807, 2.05) is 0 Å². The van der Waals surface area contributed by atoms with Gasteiger partial charge in [0.2, 0.25) is 0 Å². The maximum atomic E-state index is 12.8. The van der Waals surface area contributed by atoms with E-state index in [4.69, 9.17) is 4.74 Å². The van der Waals surface area contributed by atoms with Gasteiger partial charge < -0.3 is 9.64 Å². The zero-order chi connectivity index (χ0) is 19.7. The number of nitrogens with one attached hydrogen (secondary N) is 1. The van der Waals surface area contributed by atoms with Crippen LogP contribution in [0.2, 0.25) is 0 Å². The average Bonchev–Trinajstić information content (AvgIpc) is 3.36. The number of ether oxygens (including phenoxy) is 1. The number of aromatic nitrogens is 1. The van der Waals surface area contributed by atoms with Crippen molar-refractivity contribution in [2.24, 2.45) is 0 Å². The lowest BCUT2D eigenvalue weighted by Crippen LogP contribution is -2.35. The minimum absolute atomic E-state index is 0.0763. The monoisotopic (exact) mass is 402 g/mol. The summed E-state index contributed by atoms with van der Waals surface area (Å²) in [6.45, 7) is 1.32. The van der Waals surface area contributed by atoms with E-state index in [1.165, 1.54) is 29.5 Å². The van der Waals surface area contributed by atoms with Crippen LogP contribution in [0.15, 0.2) is 24.3 Å². The minimum atomic E-state index is -0.548. The summed E-state index contributed by atoms with van der Waals surface area (Å²) in [5.41, 5.74) is 0.721. The number of hydrogen-bond acceptors (Lipinski definition) is 7. The van der Waals surface area contributed by atoms with Gasteiger partial charge in [-0.25, -0.2) is 4.98 Å². The van der Waals surface area contributed by atoms with Crippen LogP contribution in [0.1, 0.15) is 33.8 Å². The minimum Gasteiger partial charge on any atom is -0.368 e. The highest BCUT2D eigenvalue weighted by Gasteiger charge is 2.30. The van der Waals surface area contributed by atoms with Crippen LogP contribution in [0.3, 0.4) is 0 Å². The molecule has 0 aliphatic carbocycles. The van der Waals surface area contributed by atoms with Crippen molar-refractivity contribution < 1.29 is 19.2 Å². The summed E-state index contributed by atoms with van der Waals surface area (Å²) < 4.78 is 5.37. The Morgan fingerprint density at radius 3 is 2.93 bits per heavy atom. The van der Waals surface area contributed by atoms with Gasteiger partial charge in [0, 0.05) is 30.5 Å². The van der Waals surface area contributed by atoms with Crippen molar-refractivity contribution in [3.8, 4) is 0 Å². The second-order valence-electron chi connectivity index (χ2n) is 6.63. The Morgan fingerprint density at radius 2 is 2.18 bits per heavy atom. The molecule has 1 unspecified atom stereocenters. The molecule has 0 saturated carbocycles. The molecule has 2 aliphatic rings. The van der Waals surface area contributed by atoms with Crippen molar-refractivity contribution in [2.75, 3.05) is 18.5 Å². The molecule has 0 spiro atoms. The van der Waals surface area contributed by atoms with E-state index in [0.29, 0.717) is 37.7 Å². The first kappa shape index (κ1) is 18.5. The van der Waals surface area contributed by atoms with Gasteiger partial charge >= 0.3 is 0 Å². The van der Waals surface area contributed by atoms with Gasteiger partial charge in [0.25, 0.3) is 17.5 Å². The Hall–Kier alpha value is -2.85. The smallest absolute Gasteiger partial charge is 0.282 e. The summed E-state index contributed by atoms with van der Waals surface area (Å²) in [6, 6.07) is 5.94. The van der Waals surface area contributed by atoms with Crippen LogP contribution < -0.4 is 5.32 Å². The summed E-state index contributed by atoms with van der Waals surface area (Å²) in [5, 5.41) is 14.5. The normalized spacial score (nSPS) is 18.6. The lowest BCUT2D eigenvalue weighted by Gasteiger charge is -2.26. The van der Waals surface area contributed by atoms with Gasteiger partial charge in [-0.05, 0) is 18.9 Å². The molecule has 1 aromatic heterocycles. The van der Waals surface area contributed by atoms with Gasteiger partial charge in [0.15, 0.2) is 5.13 Å². The molecular weight excluding hydrogens is 384 g/mol. The quantitative estimate of drug-likeness (QED) is 0.620. The zero-order valence-corrected chi connectivity index (χ0v) is 15.7. The van der Waals surface area contributed by atoms with Crippen LogP contribution in [0.5, 0.6) is 0 Å². The van der Waals surface area contributed by atoms with E-state index in [0.717, 1.165) is 17.0 Å². The van der Waals surface area contributed by atoms with E-state index in [2.05, 4.69) is 10.3 Å². The van der Waals surface area contributed by atoms with Crippen molar-refractivity contribution in [1.29, 1.82) is 0 Å². The molecular formula is C18H18N4O5S. The van der Waals surface area contributed by atoms with Crippen LogP contribution in [0.4, 0.5) is 10.8 Å². The Bertz CT molecular complexity index is 938. The number of fused-ring (bicyclic) bond motifs is 1. The number of rotatable bonds is 4. The molecule has 4 rings (SSSR count). The third-order valence-electron chi connectivity index (χ3n) is 4.80. The topological polar surface area (TPSA) is 115 Å². The number of anilines is 1. The van der Waals surface area contributed by atoms with Gasteiger partial charge in [-0.3, -0.25) is 25.0 Å². The molecule has 1 N–H and O–H groups in total. The molecule has 3 heterocycles. The first-order chi connectivity index (χ1) is 13.5. The van der Waals surface area contributed by atoms with Gasteiger partial charge in [0.1, 0.15) is 11.7 Å². The third-order valence-corrected chi connectivity index (χ3v) is 5.80. The third kappa shape index (κ3) is 3.60.